The number of fused-ring (bicyclic) bond motifs is 1. The number of carbonyl (C=O) groups excluding carboxylic acids is 2. The highest BCUT2D eigenvalue weighted by molar-refractivity contribution is 7.89. The number of imide groups is 1. The van der Waals surface area contributed by atoms with E-state index in [0.29, 0.717) is 30.6 Å². The normalized spacial score (nSPS) is 23.5. The average molecular weight is 441 g/mol. The largest absolute Gasteiger partial charge is 0.453 e. The van der Waals surface area contributed by atoms with Crippen molar-refractivity contribution in [3.05, 3.63) is 42.2 Å². The summed E-state index contributed by atoms with van der Waals surface area (Å²) in [5, 5.41) is 11.2. The van der Waals surface area contributed by atoms with E-state index >= 15 is 0 Å². The van der Waals surface area contributed by atoms with E-state index < -0.39 is 21.6 Å². The van der Waals surface area contributed by atoms with Crippen molar-refractivity contribution >= 4 is 32.9 Å². The summed E-state index contributed by atoms with van der Waals surface area (Å²) in [5.74, 6) is 0.243. The van der Waals surface area contributed by atoms with E-state index in [1.165, 1.54) is 6.20 Å². The third kappa shape index (κ3) is 3.45. The maximum atomic E-state index is 12.2. The van der Waals surface area contributed by atoms with Gasteiger partial charge in [-0.05, 0) is 43.7 Å². The number of hydrogen-bond acceptors (Lipinski definition) is 7. The van der Waals surface area contributed by atoms with Crippen molar-refractivity contribution in [1.29, 1.82) is 0 Å². The van der Waals surface area contributed by atoms with E-state index in [-0.39, 0.29) is 34.7 Å². The highest BCUT2D eigenvalue weighted by Crippen LogP contribution is 2.39. The minimum Gasteiger partial charge on any atom is -0.453 e. The molecular weight excluding hydrogens is 422 g/mol. The van der Waals surface area contributed by atoms with Crippen molar-refractivity contribution in [3.63, 3.8) is 0 Å². The molecule has 2 fully saturated rings. The van der Waals surface area contributed by atoms with Gasteiger partial charge in [-0.2, -0.15) is 0 Å². The van der Waals surface area contributed by atoms with E-state index in [9.17, 15) is 18.0 Å². The van der Waals surface area contributed by atoms with Crippen LogP contribution in [-0.4, -0.2) is 35.9 Å². The zero-order valence-electron chi connectivity index (χ0n) is 16.3. The zero-order valence-corrected chi connectivity index (χ0v) is 17.1. The number of nitrogens with two attached hydrogens (primary N) is 1. The summed E-state index contributed by atoms with van der Waals surface area (Å²) in [4.78, 5) is 32.2. The van der Waals surface area contributed by atoms with Crippen molar-refractivity contribution < 1.29 is 22.4 Å². The SMILES string of the molecule is NS(=O)(=O)c1cnc(-c2cc3ccccc3o2)nc1CC1CCC2(C1)NC(=O)NC2=O. The number of amides is 3. The lowest BCUT2D eigenvalue weighted by Gasteiger charge is -2.19. The van der Waals surface area contributed by atoms with Crippen molar-refractivity contribution in [1.82, 2.24) is 20.6 Å². The number of urea groups is 1. The Morgan fingerprint density at radius 2 is 2.06 bits per heavy atom. The molecule has 4 N–H and O–H groups in total. The molecular formula is C20H19N5O5S. The van der Waals surface area contributed by atoms with Gasteiger partial charge in [-0.1, -0.05) is 18.2 Å². The Morgan fingerprint density at radius 3 is 2.77 bits per heavy atom. The summed E-state index contributed by atoms with van der Waals surface area (Å²) in [7, 11) is -4.05. The molecule has 11 heteroatoms. The lowest BCUT2D eigenvalue weighted by Crippen LogP contribution is -2.44. The first kappa shape index (κ1) is 19.6. The molecule has 0 bridgehead atoms. The molecule has 31 heavy (non-hydrogen) atoms. The number of nitrogens with zero attached hydrogens (tertiary/aromatic N) is 2. The minimum absolute atomic E-state index is 0.0666. The van der Waals surface area contributed by atoms with Crippen LogP contribution in [0.15, 0.2) is 45.8 Å². The van der Waals surface area contributed by atoms with Crippen LogP contribution in [-0.2, 0) is 21.2 Å². The molecule has 1 saturated carbocycles. The van der Waals surface area contributed by atoms with Crippen molar-refractivity contribution in [2.75, 3.05) is 0 Å². The number of carbonyl (C=O) groups is 2. The summed E-state index contributed by atoms with van der Waals surface area (Å²) in [5.41, 5.74) is -0.0170. The molecule has 0 radical (unpaired) electrons. The molecule has 1 spiro atoms. The molecule has 2 aliphatic rings. The minimum atomic E-state index is -4.05. The van der Waals surface area contributed by atoms with Gasteiger partial charge in [-0.15, -0.1) is 0 Å². The van der Waals surface area contributed by atoms with E-state index in [1.54, 1.807) is 6.07 Å². The number of aromatic nitrogens is 2. The summed E-state index contributed by atoms with van der Waals surface area (Å²) >= 11 is 0. The molecule has 5 rings (SSSR count). The zero-order chi connectivity index (χ0) is 21.8. The lowest BCUT2D eigenvalue weighted by atomic mass is 9.94. The van der Waals surface area contributed by atoms with Gasteiger partial charge in [0.05, 0.1) is 11.9 Å². The van der Waals surface area contributed by atoms with Gasteiger partial charge < -0.3 is 9.73 Å². The van der Waals surface area contributed by atoms with Gasteiger partial charge in [-0.3, -0.25) is 10.1 Å². The van der Waals surface area contributed by atoms with Gasteiger partial charge in [0.15, 0.2) is 11.6 Å². The molecule has 3 amide bonds. The van der Waals surface area contributed by atoms with Crippen LogP contribution in [0.5, 0.6) is 0 Å². The Bertz CT molecular complexity index is 1300. The monoisotopic (exact) mass is 441 g/mol. The molecule has 1 aliphatic carbocycles. The molecule has 2 aromatic heterocycles. The number of rotatable bonds is 4. The molecule has 2 unspecified atom stereocenters. The second-order valence-corrected chi connectivity index (χ2v) is 9.53. The number of sulfonamides is 1. The standard InChI is InChI=1S/C20H19N5O5S/c21-31(28,29)16-10-22-17(15-8-12-3-1-2-4-14(12)30-15)23-13(16)7-11-5-6-20(9-11)18(26)24-19(27)25-20/h1-4,8,10-11H,5-7,9H2,(H2,21,28,29)(H2,24,25,26,27). The fourth-order valence-corrected chi connectivity index (χ4v) is 5.10. The Balaban J connectivity index is 1.49. The predicted octanol–water partition coefficient (Wildman–Crippen LogP) is 1.46. The molecule has 3 aromatic rings. The third-order valence-corrected chi connectivity index (χ3v) is 6.85. The average Bonchev–Trinajstić information content (AvgIpc) is 3.38. The van der Waals surface area contributed by atoms with Crippen LogP contribution in [0.3, 0.4) is 0 Å². The Morgan fingerprint density at radius 1 is 1.26 bits per heavy atom. The first-order valence-corrected chi connectivity index (χ1v) is 11.3. The van der Waals surface area contributed by atoms with Crippen LogP contribution >= 0.6 is 0 Å². The van der Waals surface area contributed by atoms with Crippen LogP contribution in [0.25, 0.3) is 22.6 Å². The molecule has 1 aromatic carbocycles. The predicted molar refractivity (Wildman–Crippen MR) is 109 cm³/mol. The molecule has 2 atom stereocenters. The van der Waals surface area contributed by atoms with E-state index in [0.717, 1.165) is 5.39 Å². The fraction of sp³-hybridized carbons (Fsp3) is 0.300. The van der Waals surface area contributed by atoms with Gasteiger partial charge in [-0.25, -0.2) is 28.3 Å². The fourth-order valence-electron chi connectivity index (χ4n) is 4.44. The van der Waals surface area contributed by atoms with Crippen molar-refractivity contribution in [2.45, 2.75) is 36.1 Å². The number of nitrogens with one attached hydrogen (secondary N) is 2. The summed E-state index contributed by atoms with van der Waals surface area (Å²) in [6.45, 7) is 0. The number of primary sulfonamides is 1. The Kier molecular flexibility index (Phi) is 4.34. The molecule has 10 nitrogen and oxygen atoms in total. The van der Waals surface area contributed by atoms with Crippen LogP contribution < -0.4 is 15.8 Å². The Labute approximate surface area is 177 Å². The van der Waals surface area contributed by atoms with Gasteiger partial charge in [0.2, 0.25) is 10.0 Å². The second-order valence-electron chi connectivity index (χ2n) is 8.00. The summed E-state index contributed by atoms with van der Waals surface area (Å²) < 4.78 is 30.0. The van der Waals surface area contributed by atoms with E-state index in [4.69, 9.17) is 9.56 Å². The summed E-state index contributed by atoms with van der Waals surface area (Å²) in [6.07, 6.45) is 2.95. The van der Waals surface area contributed by atoms with Crippen LogP contribution in [0, 0.1) is 5.92 Å². The number of benzene rings is 1. The summed E-state index contributed by atoms with van der Waals surface area (Å²) in [6, 6.07) is 8.71. The second kappa shape index (κ2) is 6.86. The van der Waals surface area contributed by atoms with E-state index in [2.05, 4.69) is 20.6 Å². The maximum Gasteiger partial charge on any atom is 0.322 e. The first-order chi connectivity index (χ1) is 14.7. The molecule has 1 saturated heterocycles. The van der Waals surface area contributed by atoms with Gasteiger partial charge in [0, 0.05) is 5.39 Å². The number of furan rings is 1. The van der Waals surface area contributed by atoms with Crippen LogP contribution in [0.4, 0.5) is 4.79 Å². The Hall–Kier alpha value is -3.31. The molecule has 3 heterocycles. The van der Waals surface area contributed by atoms with Crippen molar-refractivity contribution in [3.8, 4) is 11.6 Å². The maximum absolute atomic E-state index is 12.2. The van der Waals surface area contributed by atoms with Crippen molar-refractivity contribution in [2.24, 2.45) is 11.1 Å². The number of hydrogen-bond donors (Lipinski definition) is 3. The third-order valence-electron chi connectivity index (χ3n) is 5.89. The van der Waals surface area contributed by atoms with Crippen LogP contribution in [0.1, 0.15) is 25.0 Å². The first-order valence-electron chi connectivity index (χ1n) is 9.75. The lowest BCUT2D eigenvalue weighted by molar-refractivity contribution is -0.123. The van der Waals surface area contributed by atoms with Crippen LogP contribution in [0.2, 0.25) is 0 Å². The molecule has 1 aliphatic heterocycles. The highest BCUT2D eigenvalue weighted by Gasteiger charge is 2.51. The van der Waals surface area contributed by atoms with Gasteiger partial charge >= 0.3 is 6.03 Å². The topological polar surface area (TPSA) is 157 Å². The molecule has 160 valence electrons. The van der Waals surface area contributed by atoms with Gasteiger partial charge in [0.1, 0.15) is 16.0 Å². The number of para-hydroxylation sites is 1. The highest BCUT2D eigenvalue weighted by atomic mass is 32.2. The van der Waals surface area contributed by atoms with Gasteiger partial charge in [0.25, 0.3) is 5.91 Å². The quantitative estimate of drug-likeness (QED) is 0.517. The smallest absolute Gasteiger partial charge is 0.322 e. The van der Waals surface area contributed by atoms with E-state index in [1.807, 2.05) is 24.3 Å².